The van der Waals surface area contributed by atoms with E-state index in [0.29, 0.717) is 69.0 Å². The van der Waals surface area contributed by atoms with E-state index in [1.165, 1.54) is 5.56 Å². The second-order valence-electron chi connectivity index (χ2n) is 12.8. The zero-order chi connectivity index (χ0) is 31.4. The minimum Gasteiger partial charge on any atom is -0.487 e. The van der Waals surface area contributed by atoms with E-state index in [-0.39, 0.29) is 11.5 Å². The van der Waals surface area contributed by atoms with Crippen LogP contribution in [0.1, 0.15) is 60.0 Å². The van der Waals surface area contributed by atoms with Crippen LogP contribution in [0, 0.1) is 11.8 Å². The van der Waals surface area contributed by atoms with Crippen LogP contribution in [-0.4, -0.2) is 81.6 Å². The monoisotopic (exact) mass is 657 g/mol. The summed E-state index contributed by atoms with van der Waals surface area (Å²) >= 11 is 6.32. The number of aliphatic hydroxyl groups is 1. The van der Waals surface area contributed by atoms with Crippen LogP contribution >= 0.6 is 11.6 Å². The molecule has 1 saturated carbocycles. The number of nitrogens with zero attached hydrogens (tertiary/aromatic N) is 2. The molecule has 0 aromatic heterocycles. The van der Waals surface area contributed by atoms with E-state index in [9.17, 15) is 18.3 Å². The summed E-state index contributed by atoms with van der Waals surface area (Å²) in [5.41, 5.74) is 3.28. The Morgan fingerprint density at radius 3 is 2.64 bits per heavy atom. The van der Waals surface area contributed by atoms with Crippen molar-refractivity contribution in [3.05, 3.63) is 70.3 Å². The van der Waals surface area contributed by atoms with Gasteiger partial charge in [-0.15, -0.1) is 0 Å². The van der Waals surface area contributed by atoms with Crippen molar-refractivity contribution >= 4 is 33.2 Å². The molecule has 0 spiro atoms. The molecule has 2 fully saturated rings. The Hall–Kier alpha value is -2.63. The molecular formula is C34H44ClN3O6S. The molecular weight excluding hydrogens is 614 g/mol. The molecule has 2 bridgehead atoms. The van der Waals surface area contributed by atoms with Crippen LogP contribution in [0.2, 0.25) is 5.02 Å². The van der Waals surface area contributed by atoms with Gasteiger partial charge in [-0.2, -0.15) is 0 Å². The summed E-state index contributed by atoms with van der Waals surface area (Å²) in [5.74, 6) is 0.416. The van der Waals surface area contributed by atoms with E-state index in [2.05, 4.69) is 14.5 Å². The zero-order valence-corrected chi connectivity index (χ0v) is 27.3. The van der Waals surface area contributed by atoms with Crippen LogP contribution in [0.5, 0.6) is 5.75 Å². The number of anilines is 1. The fraction of sp³-hybridized carbons (Fsp3) is 0.559. The van der Waals surface area contributed by atoms with Gasteiger partial charge in [-0.1, -0.05) is 29.8 Å². The van der Waals surface area contributed by atoms with Gasteiger partial charge in [0, 0.05) is 43.3 Å². The number of fused-ring (bicyclic) bond motifs is 3. The molecule has 45 heavy (non-hydrogen) atoms. The number of hydrogen-bond donors (Lipinski definition) is 2. The first kappa shape index (κ1) is 32.3. The van der Waals surface area contributed by atoms with Gasteiger partial charge in [-0.25, -0.2) is 13.1 Å². The first-order chi connectivity index (χ1) is 21.8. The number of morpholine rings is 1. The van der Waals surface area contributed by atoms with Gasteiger partial charge in [0.1, 0.15) is 12.4 Å². The highest BCUT2D eigenvalue weighted by Gasteiger charge is 2.37. The fourth-order valence-electron chi connectivity index (χ4n) is 6.98. The summed E-state index contributed by atoms with van der Waals surface area (Å²) < 4.78 is 41.7. The second-order valence-corrected chi connectivity index (χ2v) is 15.2. The molecule has 0 unspecified atom stereocenters. The Labute approximate surface area is 271 Å². The molecule has 1 saturated heterocycles. The Balaban J connectivity index is 1.34. The van der Waals surface area contributed by atoms with Gasteiger partial charge in [0.05, 0.1) is 30.3 Å². The molecule has 3 heterocycles. The standard InChI is InChI=1S/C34H44ClN3O6S/c35-28-11-8-27-23-44-33-13-10-25-20-31(33)38(14-4-3-5-24(27)19-28)21-26-9-12-30(26)32(39)7-2-1-6-29(45(41,42)36-34(25)40)22-37-15-17-43-18-16-37/h2,7-8,10-11,13,19-20,26,29-30,32,39H,1,3-6,9,12,14-18,21-23H2,(H,36,40)/b7-2-/t26-,29-,30+,32-/m0/s1. The van der Waals surface area contributed by atoms with Crippen molar-refractivity contribution in [2.45, 2.75) is 62.9 Å². The number of rotatable bonds is 2. The highest BCUT2D eigenvalue weighted by Crippen LogP contribution is 2.41. The Kier molecular flexibility index (Phi) is 10.4. The summed E-state index contributed by atoms with van der Waals surface area (Å²) in [5, 5.41) is 11.1. The van der Waals surface area contributed by atoms with Gasteiger partial charge in [0.25, 0.3) is 5.91 Å². The van der Waals surface area contributed by atoms with Crippen LogP contribution in [0.4, 0.5) is 5.69 Å². The topological polar surface area (TPSA) is 108 Å². The number of nitrogens with one attached hydrogen (secondary N) is 1. The number of halogens is 1. The molecule has 0 radical (unpaired) electrons. The normalized spacial score (nSPS) is 28.7. The van der Waals surface area contributed by atoms with Crippen molar-refractivity contribution in [2.75, 3.05) is 50.8 Å². The molecule has 6 rings (SSSR count). The fourth-order valence-corrected chi connectivity index (χ4v) is 8.57. The quantitative estimate of drug-likeness (QED) is 0.453. The first-order valence-corrected chi connectivity index (χ1v) is 18.2. The van der Waals surface area contributed by atoms with Crippen molar-refractivity contribution in [1.29, 1.82) is 0 Å². The minimum absolute atomic E-state index is 0.127. The number of ether oxygens (including phenoxy) is 2. The maximum absolute atomic E-state index is 13.7. The third kappa shape index (κ3) is 7.85. The van der Waals surface area contributed by atoms with E-state index in [1.54, 1.807) is 18.2 Å². The highest BCUT2D eigenvalue weighted by molar-refractivity contribution is 7.90. The predicted molar refractivity (Wildman–Crippen MR) is 175 cm³/mol. The molecule has 4 atom stereocenters. The van der Waals surface area contributed by atoms with E-state index < -0.39 is 27.3 Å². The van der Waals surface area contributed by atoms with E-state index in [0.717, 1.165) is 56.4 Å². The molecule has 3 aliphatic heterocycles. The summed E-state index contributed by atoms with van der Waals surface area (Å²) in [6.07, 6.45) is 8.72. The lowest BCUT2D eigenvalue weighted by atomic mass is 9.70. The van der Waals surface area contributed by atoms with Gasteiger partial charge in [-0.05, 0) is 98.2 Å². The number of carbonyl (C=O) groups is 1. The lowest BCUT2D eigenvalue weighted by Crippen LogP contribution is -2.47. The van der Waals surface area contributed by atoms with Gasteiger partial charge in [0.2, 0.25) is 10.0 Å². The number of amides is 1. The lowest BCUT2D eigenvalue weighted by molar-refractivity contribution is 0.0375. The predicted octanol–water partition coefficient (Wildman–Crippen LogP) is 4.56. The first-order valence-electron chi connectivity index (χ1n) is 16.3. The molecule has 2 aromatic rings. The Morgan fingerprint density at radius 1 is 1.00 bits per heavy atom. The van der Waals surface area contributed by atoms with Gasteiger partial charge >= 0.3 is 0 Å². The van der Waals surface area contributed by atoms with Crippen LogP contribution in [-0.2, 0) is 27.8 Å². The van der Waals surface area contributed by atoms with Crippen LogP contribution < -0.4 is 14.4 Å². The number of sulfonamides is 1. The molecule has 1 amide bonds. The number of carbonyl (C=O) groups excluding carboxylic acids is 1. The SMILES string of the molecule is O=C1NS(=O)(=O)[C@H](CN2CCOCC2)CC/C=C\[C@H](O)[C@@H]2CC[C@H]2CN2CCCCc3cc(Cl)ccc3COc3ccc1cc32. The van der Waals surface area contributed by atoms with Crippen molar-refractivity contribution < 1.29 is 27.8 Å². The summed E-state index contributed by atoms with van der Waals surface area (Å²) in [6, 6.07) is 11.1. The average molecular weight is 658 g/mol. The summed E-state index contributed by atoms with van der Waals surface area (Å²) in [4.78, 5) is 17.9. The van der Waals surface area contributed by atoms with Crippen molar-refractivity contribution in [3.63, 3.8) is 0 Å². The maximum atomic E-state index is 13.7. The highest BCUT2D eigenvalue weighted by atomic mass is 35.5. The Bertz CT molecular complexity index is 1490. The minimum atomic E-state index is -4.00. The van der Waals surface area contributed by atoms with Crippen LogP contribution in [0.15, 0.2) is 48.6 Å². The van der Waals surface area contributed by atoms with Crippen molar-refractivity contribution in [3.8, 4) is 5.75 Å². The average Bonchev–Trinajstić information content (AvgIpc) is 3.03. The smallest absolute Gasteiger partial charge is 0.264 e. The van der Waals surface area contributed by atoms with Crippen molar-refractivity contribution in [1.82, 2.24) is 9.62 Å². The lowest BCUT2D eigenvalue weighted by Gasteiger charge is -2.42. The molecule has 1 aliphatic carbocycles. The van der Waals surface area contributed by atoms with E-state index in [1.807, 2.05) is 30.4 Å². The molecule has 2 aromatic carbocycles. The summed E-state index contributed by atoms with van der Waals surface area (Å²) in [7, 11) is -4.00. The van der Waals surface area contributed by atoms with Crippen LogP contribution in [0.25, 0.3) is 0 Å². The molecule has 11 heteroatoms. The van der Waals surface area contributed by atoms with E-state index in [4.69, 9.17) is 21.1 Å². The van der Waals surface area contributed by atoms with Gasteiger partial charge < -0.3 is 19.5 Å². The number of allylic oxidation sites excluding steroid dienone is 1. The zero-order valence-electron chi connectivity index (χ0n) is 25.7. The maximum Gasteiger partial charge on any atom is 0.264 e. The van der Waals surface area contributed by atoms with Gasteiger partial charge in [-0.3, -0.25) is 9.69 Å². The third-order valence-electron chi connectivity index (χ3n) is 9.84. The number of aryl methyl sites for hydroxylation is 1. The largest absolute Gasteiger partial charge is 0.487 e. The Morgan fingerprint density at radius 2 is 1.84 bits per heavy atom. The second kappa shape index (κ2) is 14.4. The van der Waals surface area contributed by atoms with Crippen LogP contribution in [0.3, 0.4) is 0 Å². The number of aliphatic hydroxyl groups excluding tert-OH is 1. The number of benzene rings is 2. The van der Waals surface area contributed by atoms with Crippen molar-refractivity contribution in [2.24, 2.45) is 11.8 Å². The molecule has 244 valence electrons. The summed E-state index contributed by atoms with van der Waals surface area (Å²) in [6.45, 7) is 4.53. The molecule has 4 aliphatic rings. The van der Waals surface area contributed by atoms with E-state index >= 15 is 0 Å². The van der Waals surface area contributed by atoms with Gasteiger partial charge in [0.15, 0.2) is 0 Å². The molecule has 2 N–H and O–H groups in total. The molecule has 9 nitrogen and oxygen atoms in total. The number of hydrogen-bond acceptors (Lipinski definition) is 8. The third-order valence-corrected chi connectivity index (χ3v) is 11.8.